The summed E-state index contributed by atoms with van der Waals surface area (Å²) in [5.41, 5.74) is 6.88. The zero-order chi connectivity index (χ0) is 20.2. The number of rotatable bonds is 4. The minimum absolute atomic E-state index is 0.250. The number of fused-ring (bicyclic) bond motifs is 1. The number of carbonyl (C=O) groups excluding carboxylic acids is 2. The van der Waals surface area contributed by atoms with Crippen LogP contribution in [0.15, 0.2) is 30.3 Å². The van der Waals surface area contributed by atoms with Crippen LogP contribution in [0.4, 0.5) is 5.82 Å². The van der Waals surface area contributed by atoms with Gasteiger partial charge in [0.2, 0.25) is 11.8 Å². The molecule has 2 N–H and O–H groups in total. The van der Waals surface area contributed by atoms with Gasteiger partial charge in [0.1, 0.15) is 5.82 Å². The smallest absolute Gasteiger partial charge is 0.249 e. The predicted molar refractivity (Wildman–Crippen MR) is 114 cm³/mol. The first kappa shape index (κ1) is 19.6. The lowest BCUT2D eigenvalue weighted by atomic mass is 10.1. The summed E-state index contributed by atoms with van der Waals surface area (Å²) in [5.74, 6) is 0.586. The Morgan fingerprint density at radius 3 is 2.31 bits per heavy atom. The molecule has 0 radical (unpaired) electrons. The third-order valence-electron chi connectivity index (χ3n) is 5.98. The van der Waals surface area contributed by atoms with Gasteiger partial charge in [0, 0.05) is 44.7 Å². The fourth-order valence-electron chi connectivity index (χ4n) is 4.27. The highest BCUT2D eigenvalue weighted by molar-refractivity contribution is 6.06. The maximum Gasteiger partial charge on any atom is 0.249 e. The number of aromatic nitrogens is 1. The number of nitrogens with two attached hydrogens (primary N) is 1. The first-order valence-corrected chi connectivity index (χ1v) is 10.6. The molecule has 0 aliphatic carbocycles. The van der Waals surface area contributed by atoms with E-state index in [1.54, 1.807) is 6.07 Å². The van der Waals surface area contributed by atoms with Gasteiger partial charge in [0.15, 0.2) is 0 Å². The number of hydrogen-bond acceptors (Lipinski definition) is 5. The summed E-state index contributed by atoms with van der Waals surface area (Å²) < 4.78 is 0. The number of carbonyl (C=O) groups is 2. The van der Waals surface area contributed by atoms with Gasteiger partial charge < -0.3 is 15.5 Å². The average Bonchev–Trinajstić information content (AvgIpc) is 3.03. The molecule has 2 fully saturated rings. The highest BCUT2D eigenvalue weighted by atomic mass is 16.2. The van der Waals surface area contributed by atoms with Gasteiger partial charge in [0.25, 0.3) is 0 Å². The van der Waals surface area contributed by atoms with Crippen LogP contribution in [-0.4, -0.2) is 72.4 Å². The number of hydrogen-bond donors (Lipinski definition) is 1. The van der Waals surface area contributed by atoms with Crippen molar-refractivity contribution >= 4 is 28.5 Å². The van der Waals surface area contributed by atoms with Crippen molar-refractivity contribution in [3.8, 4) is 0 Å². The number of amides is 2. The van der Waals surface area contributed by atoms with Crippen molar-refractivity contribution in [3.63, 3.8) is 0 Å². The zero-order valence-electron chi connectivity index (χ0n) is 16.8. The lowest BCUT2D eigenvalue weighted by Gasteiger charge is -2.36. The highest BCUT2D eigenvalue weighted by Crippen LogP contribution is 2.23. The monoisotopic (exact) mass is 395 g/mol. The number of nitrogens with zero attached hydrogens (tertiary/aromatic N) is 4. The molecule has 3 heterocycles. The molecule has 0 atom stereocenters. The van der Waals surface area contributed by atoms with E-state index in [9.17, 15) is 9.59 Å². The Bertz CT molecular complexity index is 884. The van der Waals surface area contributed by atoms with Crippen molar-refractivity contribution in [3.05, 3.63) is 35.9 Å². The number of benzene rings is 1. The Hall–Kier alpha value is -2.67. The maximum absolute atomic E-state index is 12.6. The normalized spacial score (nSPS) is 18.6. The standard InChI is InChI=1S/C22H29N5O2/c23-22(29)18-15-20(24-19-8-4-3-7-17(18)19)26-13-11-25(12-14-26)16-21(28)27-9-5-1-2-6-10-27/h3-4,7-8,15H,1-2,5-6,9-14,16H2,(H2,23,29). The summed E-state index contributed by atoms with van der Waals surface area (Å²) in [7, 11) is 0. The summed E-state index contributed by atoms with van der Waals surface area (Å²) in [4.78, 5) is 35.7. The van der Waals surface area contributed by atoms with Gasteiger partial charge in [-0.2, -0.15) is 0 Å². The molecule has 0 saturated carbocycles. The fraction of sp³-hybridized carbons (Fsp3) is 0.500. The Morgan fingerprint density at radius 2 is 1.62 bits per heavy atom. The fourth-order valence-corrected chi connectivity index (χ4v) is 4.27. The van der Waals surface area contributed by atoms with Crippen LogP contribution in [0.2, 0.25) is 0 Å². The second-order valence-corrected chi connectivity index (χ2v) is 7.97. The van der Waals surface area contributed by atoms with Gasteiger partial charge in [-0.25, -0.2) is 4.98 Å². The highest BCUT2D eigenvalue weighted by Gasteiger charge is 2.24. The number of piperazine rings is 1. The van der Waals surface area contributed by atoms with Crippen LogP contribution >= 0.6 is 0 Å². The Labute approximate surface area is 171 Å². The number of para-hydroxylation sites is 1. The zero-order valence-corrected chi connectivity index (χ0v) is 16.8. The SMILES string of the molecule is NC(=O)c1cc(N2CCN(CC(=O)N3CCCCCC3)CC2)nc2ccccc12. The molecule has 4 rings (SSSR count). The second kappa shape index (κ2) is 8.78. The molecule has 2 saturated heterocycles. The van der Waals surface area contributed by atoms with E-state index < -0.39 is 5.91 Å². The molecule has 2 aliphatic rings. The summed E-state index contributed by atoms with van der Waals surface area (Å²) in [6, 6.07) is 9.37. The third-order valence-corrected chi connectivity index (χ3v) is 5.98. The predicted octanol–water partition coefficient (Wildman–Crippen LogP) is 1.86. The van der Waals surface area contributed by atoms with Crippen LogP contribution in [0.3, 0.4) is 0 Å². The van der Waals surface area contributed by atoms with Crippen LogP contribution in [0.5, 0.6) is 0 Å². The molecule has 0 bridgehead atoms. The van der Waals surface area contributed by atoms with Crippen LogP contribution in [0, 0.1) is 0 Å². The summed E-state index contributed by atoms with van der Waals surface area (Å²) in [5, 5.41) is 0.783. The van der Waals surface area contributed by atoms with Crippen LogP contribution in [0.25, 0.3) is 10.9 Å². The molecular formula is C22H29N5O2. The molecule has 7 nitrogen and oxygen atoms in total. The molecule has 0 spiro atoms. The van der Waals surface area contributed by atoms with E-state index in [-0.39, 0.29) is 5.91 Å². The lowest BCUT2D eigenvalue weighted by molar-refractivity contribution is -0.132. The van der Waals surface area contributed by atoms with E-state index in [4.69, 9.17) is 10.7 Å². The van der Waals surface area contributed by atoms with Crippen LogP contribution < -0.4 is 10.6 Å². The minimum Gasteiger partial charge on any atom is -0.366 e. The van der Waals surface area contributed by atoms with E-state index in [0.29, 0.717) is 12.1 Å². The van der Waals surface area contributed by atoms with Crippen molar-refractivity contribution in [2.45, 2.75) is 25.7 Å². The molecule has 0 unspecified atom stereocenters. The van der Waals surface area contributed by atoms with Gasteiger partial charge in [-0.05, 0) is 25.0 Å². The van der Waals surface area contributed by atoms with Gasteiger partial charge in [-0.3, -0.25) is 14.5 Å². The van der Waals surface area contributed by atoms with E-state index in [0.717, 1.165) is 68.8 Å². The van der Waals surface area contributed by atoms with E-state index in [1.807, 2.05) is 29.2 Å². The minimum atomic E-state index is -0.438. The molecule has 2 aliphatic heterocycles. The van der Waals surface area contributed by atoms with E-state index >= 15 is 0 Å². The van der Waals surface area contributed by atoms with Gasteiger partial charge in [-0.15, -0.1) is 0 Å². The average molecular weight is 396 g/mol. The van der Waals surface area contributed by atoms with Gasteiger partial charge in [-0.1, -0.05) is 31.0 Å². The summed E-state index contributed by atoms with van der Waals surface area (Å²) in [6.07, 6.45) is 4.70. The molecule has 1 aromatic heterocycles. The largest absolute Gasteiger partial charge is 0.366 e. The van der Waals surface area contributed by atoms with Crippen molar-refractivity contribution in [1.82, 2.24) is 14.8 Å². The lowest BCUT2D eigenvalue weighted by Crippen LogP contribution is -2.50. The van der Waals surface area contributed by atoms with Gasteiger partial charge >= 0.3 is 0 Å². The van der Waals surface area contributed by atoms with Crippen LogP contribution in [0.1, 0.15) is 36.0 Å². The van der Waals surface area contributed by atoms with Crippen LogP contribution in [-0.2, 0) is 4.79 Å². The van der Waals surface area contributed by atoms with Crippen molar-refractivity contribution in [1.29, 1.82) is 0 Å². The van der Waals surface area contributed by atoms with Crippen molar-refractivity contribution < 1.29 is 9.59 Å². The molecular weight excluding hydrogens is 366 g/mol. The summed E-state index contributed by atoms with van der Waals surface area (Å²) in [6.45, 7) is 5.45. The summed E-state index contributed by atoms with van der Waals surface area (Å²) >= 11 is 0. The molecule has 2 aromatic rings. The third kappa shape index (κ3) is 4.50. The van der Waals surface area contributed by atoms with E-state index in [1.165, 1.54) is 12.8 Å². The second-order valence-electron chi connectivity index (χ2n) is 7.97. The molecule has 7 heteroatoms. The number of pyridine rings is 1. The molecule has 2 amide bonds. The first-order chi connectivity index (χ1) is 14.1. The van der Waals surface area contributed by atoms with Gasteiger partial charge in [0.05, 0.1) is 17.6 Å². The number of anilines is 1. The Balaban J connectivity index is 1.40. The molecule has 154 valence electrons. The quantitative estimate of drug-likeness (QED) is 0.854. The Morgan fingerprint density at radius 1 is 0.931 bits per heavy atom. The van der Waals surface area contributed by atoms with Crippen molar-refractivity contribution in [2.75, 3.05) is 50.7 Å². The topological polar surface area (TPSA) is 82.8 Å². The van der Waals surface area contributed by atoms with Crippen molar-refractivity contribution in [2.24, 2.45) is 5.73 Å². The Kier molecular flexibility index (Phi) is 5.94. The van der Waals surface area contributed by atoms with E-state index in [2.05, 4.69) is 9.80 Å². The maximum atomic E-state index is 12.6. The number of likely N-dealkylation sites (tertiary alicyclic amines) is 1. The molecule has 1 aromatic carbocycles. The first-order valence-electron chi connectivity index (χ1n) is 10.6. The number of primary amides is 1. The molecule has 29 heavy (non-hydrogen) atoms.